The number of nitrogens with one attached hydrogen (secondary N) is 2. The molecule has 2 N–H and O–H groups in total. The normalized spacial score (nSPS) is 17.3. The van der Waals surface area contributed by atoms with Crippen molar-refractivity contribution in [3.05, 3.63) is 28.1 Å². The third kappa shape index (κ3) is 4.76. The standard InChI is InChI=1S/C13H18FN3O5S.ClH/c1-22-13-11(14)6-10(7-12(13)17(18)19)23(20,21)16-5-3-9-2-4-15-8-9;/h6-7,9,15-16H,2-5,8H2,1H3;1H. The number of nitrogens with zero attached hydrogens (tertiary/aromatic N) is 1. The molecule has 0 spiro atoms. The average Bonchev–Trinajstić information content (AvgIpc) is 2.99. The van der Waals surface area contributed by atoms with Gasteiger partial charge in [-0.1, -0.05) is 0 Å². The lowest BCUT2D eigenvalue weighted by Crippen LogP contribution is -2.27. The Morgan fingerprint density at radius 1 is 1.50 bits per heavy atom. The maximum Gasteiger partial charge on any atom is 0.315 e. The van der Waals surface area contributed by atoms with Crippen LogP contribution in [-0.4, -0.2) is 40.1 Å². The largest absolute Gasteiger partial charge is 0.488 e. The van der Waals surface area contributed by atoms with Crippen LogP contribution in [0, 0.1) is 21.8 Å². The second-order valence-corrected chi connectivity index (χ2v) is 7.03. The number of hydrogen-bond donors (Lipinski definition) is 2. The minimum atomic E-state index is -4.03. The first kappa shape index (κ1) is 20.6. The molecule has 8 nitrogen and oxygen atoms in total. The van der Waals surface area contributed by atoms with Gasteiger partial charge in [0, 0.05) is 12.6 Å². The molecule has 136 valence electrons. The molecular weight excluding hydrogens is 365 g/mol. The fourth-order valence-corrected chi connectivity index (χ4v) is 3.57. The zero-order chi connectivity index (χ0) is 17.0. The first-order valence-corrected chi connectivity index (χ1v) is 8.55. The maximum atomic E-state index is 13.8. The first-order valence-electron chi connectivity index (χ1n) is 7.07. The summed E-state index contributed by atoms with van der Waals surface area (Å²) in [7, 11) is -2.95. The zero-order valence-corrected chi connectivity index (χ0v) is 14.6. The summed E-state index contributed by atoms with van der Waals surface area (Å²) in [5.41, 5.74) is -0.729. The van der Waals surface area contributed by atoms with Crippen LogP contribution in [0.1, 0.15) is 12.8 Å². The van der Waals surface area contributed by atoms with E-state index in [4.69, 9.17) is 0 Å². The minimum Gasteiger partial charge on any atom is -0.488 e. The Labute approximate surface area is 145 Å². The predicted octanol–water partition coefficient (Wildman–Crippen LogP) is 1.44. The lowest BCUT2D eigenvalue weighted by molar-refractivity contribution is -0.386. The Hall–Kier alpha value is -1.49. The molecule has 1 aliphatic rings. The van der Waals surface area contributed by atoms with Crippen LogP contribution in [0.2, 0.25) is 0 Å². The van der Waals surface area contributed by atoms with Gasteiger partial charge >= 0.3 is 5.69 Å². The lowest BCUT2D eigenvalue weighted by atomic mass is 10.1. The summed E-state index contributed by atoms with van der Waals surface area (Å²) in [5.74, 6) is -1.30. The summed E-state index contributed by atoms with van der Waals surface area (Å²) in [6.45, 7) is 1.94. The quantitative estimate of drug-likeness (QED) is 0.544. The molecule has 0 saturated carbocycles. The van der Waals surface area contributed by atoms with Gasteiger partial charge in [0.2, 0.25) is 15.8 Å². The highest BCUT2D eigenvalue weighted by Crippen LogP contribution is 2.32. The molecule has 0 bridgehead atoms. The Bertz CT molecular complexity index is 695. The van der Waals surface area contributed by atoms with E-state index >= 15 is 0 Å². The van der Waals surface area contributed by atoms with Gasteiger partial charge in [-0.05, 0) is 37.9 Å². The molecule has 24 heavy (non-hydrogen) atoms. The Morgan fingerprint density at radius 2 is 2.21 bits per heavy atom. The highest BCUT2D eigenvalue weighted by Gasteiger charge is 2.26. The van der Waals surface area contributed by atoms with Gasteiger partial charge in [0.25, 0.3) is 0 Å². The van der Waals surface area contributed by atoms with Crippen LogP contribution >= 0.6 is 12.4 Å². The van der Waals surface area contributed by atoms with Crippen molar-refractivity contribution in [3.63, 3.8) is 0 Å². The Balaban J connectivity index is 0.00000288. The molecule has 0 radical (unpaired) electrons. The number of benzene rings is 1. The van der Waals surface area contributed by atoms with Gasteiger partial charge in [-0.25, -0.2) is 17.5 Å². The molecule has 0 aromatic heterocycles. The molecule has 2 rings (SSSR count). The van der Waals surface area contributed by atoms with E-state index in [9.17, 15) is 22.9 Å². The molecule has 1 atom stereocenters. The van der Waals surface area contributed by atoms with Gasteiger partial charge in [-0.15, -0.1) is 12.4 Å². The molecule has 0 amide bonds. The van der Waals surface area contributed by atoms with Crippen molar-refractivity contribution in [1.29, 1.82) is 0 Å². The van der Waals surface area contributed by atoms with E-state index in [-0.39, 0.29) is 19.0 Å². The molecular formula is C13H19ClFN3O5S. The van der Waals surface area contributed by atoms with E-state index in [1.165, 1.54) is 0 Å². The van der Waals surface area contributed by atoms with Crippen LogP contribution in [0.25, 0.3) is 0 Å². The first-order chi connectivity index (χ1) is 10.8. The maximum absolute atomic E-state index is 13.8. The van der Waals surface area contributed by atoms with Crippen molar-refractivity contribution >= 4 is 28.1 Å². The molecule has 1 aromatic rings. The number of sulfonamides is 1. The third-order valence-corrected chi connectivity index (χ3v) is 5.16. The summed E-state index contributed by atoms with van der Waals surface area (Å²) in [4.78, 5) is 9.56. The van der Waals surface area contributed by atoms with Gasteiger partial charge < -0.3 is 10.1 Å². The van der Waals surface area contributed by atoms with Crippen molar-refractivity contribution in [2.75, 3.05) is 26.7 Å². The van der Waals surface area contributed by atoms with E-state index in [0.717, 1.165) is 32.7 Å². The van der Waals surface area contributed by atoms with Gasteiger partial charge in [0.05, 0.1) is 16.9 Å². The van der Waals surface area contributed by atoms with Gasteiger partial charge in [-0.2, -0.15) is 0 Å². The van der Waals surface area contributed by atoms with Crippen molar-refractivity contribution < 1.29 is 22.5 Å². The van der Waals surface area contributed by atoms with Gasteiger partial charge in [0.15, 0.2) is 5.82 Å². The molecule has 1 aliphatic heterocycles. The summed E-state index contributed by atoms with van der Waals surface area (Å²) >= 11 is 0. The highest BCUT2D eigenvalue weighted by molar-refractivity contribution is 7.89. The van der Waals surface area contributed by atoms with Crippen LogP contribution < -0.4 is 14.8 Å². The van der Waals surface area contributed by atoms with E-state index < -0.39 is 37.1 Å². The molecule has 1 fully saturated rings. The number of ether oxygens (including phenoxy) is 1. The number of nitro benzene ring substituents is 1. The van der Waals surface area contributed by atoms with Crippen LogP contribution in [0.4, 0.5) is 10.1 Å². The van der Waals surface area contributed by atoms with Crippen LogP contribution in [0.3, 0.4) is 0 Å². The summed E-state index contributed by atoms with van der Waals surface area (Å²) < 4.78 is 45.2. The number of halogens is 2. The van der Waals surface area contributed by atoms with Crippen LogP contribution in [-0.2, 0) is 10.0 Å². The summed E-state index contributed by atoms with van der Waals surface area (Å²) in [6, 6.07) is 1.51. The van der Waals surface area contributed by atoms with Gasteiger partial charge in [-0.3, -0.25) is 10.1 Å². The molecule has 1 heterocycles. The smallest absolute Gasteiger partial charge is 0.315 e. The molecule has 1 aromatic carbocycles. The van der Waals surface area contributed by atoms with Crippen molar-refractivity contribution in [1.82, 2.24) is 10.0 Å². The predicted molar refractivity (Wildman–Crippen MR) is 87.6 cm³/mol. The van der Waals surface area contributed by atoms with Crippen molar-refractivity contribution in [2.45, 2.75) is 17.7 Å². The Kier molecular flexibility index (Phi) is 7.33. The van der Waals surface area contributed by atoms with E-state index in [0.29, 0.717) is 18.4 Å². The monoisotopic (exact) mass is 383 g/mol. The molecule has 0 aliphatic carbocycles. The number of nitro groups is 1. The summed E-state index contributed by atoms with van der Waals surface area (Å²) in [6.07, 6.45) is 1.62. The van der Waals surface area contributed by atoms with E-state index in [2.05, 4.69) is 14.8 Å². The van der Waals surface area contributed by atoms with E-state index in [1.807, 2.05) is 0 Å². The molecule has 1 saturated heterocycles. The number of rotatable bonds is 7. The lowest BCUT2D eigenvalue weighted by Gasteiger charge is -2.11. The van der Waals surface area contributed by atoms with Crippen molar-refractivity contribution in [2.24, 2.45) is 5.92 Å². The minimum absolute atomic E-state index is 0. The molecule has 11 heteroatoms. The second kappa shape index (κ2) is 8.56. The van der Waals surface area contributed by atoms with Crippen molar-refractivity contribution in [3.8, 4) is 5.75 Å². The zero-order valence-electron chi connectivity index (χ0n) is 13.0. The van der Waals surface area contributed by atoms with E-state index in [1.54, 1.807) is 0 Å². The number of methoxy groups -OCH3 is 1. The molecule has 1 unspecified atom stereocenters. The SMILES string of the molecule is COc1c(F)cc(S(=O)(=O)NCCC2CCNC2)cc1[N+](=O)[O-].Cl. The highest BCUT2D eigenvalue weighted by atomic mass is 35.5. The van der Waals surface area contributed by atoms with Crippen LogP contribution in [0.15, 0.2) is 17.0 Å². The average molecular weight is 384 g/mol. The fourth-order valence-electron chi connectivity index (χ4n) is 2.49. The Morgan fingerprint density at radius 3 is 2.75 bits per heavy atom. The third-order valence-electron chi connectivity index (χ3n) is 3.72. The van der Waals surface area contributed by atoms with Gasteiger partial charge in [0.1, 0.15) is 0 Å². The fraction of sp³-hybridized carbons (Fsp3) is 0.538. The van der Waals surface area contributed by atoms with Crippen LogP contribution in [0.5, 0.6) is 5.75 Å². The summed E-state index contributed by atoms with van der Waals surface area (Å²) in [5, 5.41) is 14.1. The topological polar surface area (TPSA) is 111 Å². The number of hydrogen-bond acceptors (Lipinski definition) is 6. The second-order valence-electron chi connectivity index (χ2n) is 5.26.